The molecule has 2 amide bonds. The summed E-state index contributed by atoms with van der Waals surface area (Å²) in [6.45, 7) is 5.63. The van der Waals surface area contributed by atoms with Crippen molar-refractivity contribution >= 4 is 17.4 Å². The first kappa shape index (κ1) is 16.6. The highest BCUT2D eigenvalue weighted by molar-refractivity contribution is 6.03. The fourth-order valence-electron chi connectivity index (χ4n) is 3.17. The third-order valence-electron chi connectivity index (χ3n) is 4.58. The van der Waals surface area contributed by atoms with Gasteiger partial charge in [0.1, 0.15) is 25.1 Å². The van der Waals surface area contributed by atoms with Gasteiger partial charge in [-0.05, 0) is 43.2 Å². The number of amides is 2. The van der Waals surface area contributed by atoms with E-state index in [0.717, 1.165) is 23.4 Å². The monoisotopic (exact) mass is 354 g/mol. The van der Waals surface area contributed by atoms with Gasteiger partial charge in [0, 0.05) is 11.8 Å². The van der Waals surface area contributed by atoms with Crippen LogP contribution in [0.2, 0.25) is 0 Å². The molecule has 2 heterocycles. The number of carbonyl (C=O) groups excluding carboxylic acids is 1. The molecule has 6 nitrogen and oxygen atoms in total. The number of aryl methyl sites for hydroxylation is 1. The molecule has 2 aliphatic rings. The molecule has 2 aliphatic heterocycles. The highest BCUT2D eigenvalue weighted by Gasteiger charge is 2.29. The summed E-state index contributed by atoms with van der Waals surface area (Å²) >= 11 is 0. The van der Waals surface area contributed by atoms with Gasteiger partial charge < -0.3 is 19.5 Å². The lowest BCUT2D eigenvalue weighted by Gasteiger charge is -2.34. The summed E-state index contributed by atoms with van der Waals surface area (Å²) in [6.07, 6.45) is 0.817. The largest absolute Gasteiger partial charge is 0.486 e. The van der Waals surface area contributed by atoms with Crippen molar-refractivity contribution in [1.82, 2.24) is 0 Å². The highest BCUT2D eigenvalue weighted by atomic mass is 16.6. The van der Waals surface area contributed by atoms with E-state index >= 15 is 0 Å². The van der Waals surface area contributed by atoms with Crippen LogP contribution in [0.4, 0.5) is 16.2 Å². The Balaban J connectivity index is 1.58. The van der Waals surface area contributed by atoms with E-state index in [-0.39, 0.29) is 12.1 Å². The molecular formula is C20H22N2O4. The number of hydrogen-bond acceptors (Lipinski definition) is 4. The topological polar surface area (TPSA) is 60.0 Å². The summed E-state index contributed by atoms with van der Waals surface area (Å²) in [5.41, 5.74) is 2.55. The quantitative estimate of drug-likeness (QED) is 0.886. The molecule has 26 heavy (non-hydrogen) atoms. The Hall–Kier alpha value is -2.89. The molecule has 0 aliphatic carbocycles. The van der Waals surface area contributed by atoms with Crippen molar-refractivity contribution in [2.24, 2.45) is 0 Å². The SMILES string of the molecule is CC[C@@H]1CN(C(=O)Nc2ccc3c(c2)OCCO3)c2cc(C)ccc2O1. The van der Waals surface area contributed by atoms with Crippen molar-refractivity contribution in [3.8, 4) is 17.2 Å². The van der Waals surface area contributed by atoms with Gasteiger partial charge in [0.15, 0.2) is 11.5 Å². The summed E-state index contributed by atoms with van der Waals surface area (Å²) in [5, 5.41) is 2.96. The van der Waals surface area contributed by atoms with Gasteiger partial charge in [-0.25, -0.2) is 4.79 Å². The maximum Gasteiger partial charge on any atom is 0.326 e. The molecule has 2 aromatic rings. The zero-order chi connectivity index (χ0) is 18.1. The average Bonchev–Trinajstić information content (AvgIpc) is 2.67. The van der Waals surface area contributed by atoms with Gasteiger partial charge in [0.2, 0.25) is 0 Å². The van der Waals surface area contributed by atoms with Gasteiger partial charge in [-0.3, -0.25) is 4.90 Å². The standard InChI is InChI=1S/C20H22N2O4/c1-3-15-12-22(16-10-13(2)4-6-17(16)26-15)20(23)21-14-5-7-18-19(11-14)25-9-8-24-18/h4-7,10-11,15H,3,8-9,12H2,1-2H3,(H,21,23)/t15-/m1/s1. The molecule has 0 saturated carbocycles. The molecule has 0 saturated heterocycles. The van der Waals surface area contributed by atoms with E-state index in [9.17, 15) is 4.79 Å². The summed E-state index contributed by atoms with van der Waals surface area (Å²) in [7, 11) is 0. The van der Waals surface area contributed by atoms with Crippen LogP contribution in [-0.4, -0.2) is 31.9 Å². The Kier molecular flexibility index (Phi) is 4.32. The van der Waals surface area contributed by atoms with Crippen LogP contribution >= 0.6 is 0 Å². The van der Waals surface area contributed by atoms with E-state index in [4.69, 9.17) is 14.2 Å². The number of ether oxygens (including phenoxy) is 3. The zero-order valence-electron chi connectivity index (χ0n) is 15.0. The first-order valence-corrected chi connectivity index (χ1v) is 8.89. The third kappa shape index (κ3) is 3.14. The molecule has 1 atom stereocenters. The maximum atomic E-state index is 13.0. The van der Waals surface area contributed by atoms with Gasteiger partial charge in [-0.2, -0.15) is 0 Å². The molecular weight excluding hydrogens is 332 g/mol. The minimum atomic E-state index is -0.185. The van der Waals surface area contributed by atoms with E-state index < -0.39 is 0 Å². The molecule has 0 unspecified atom stereocenters. The van der Waals surface area contributed by atoms with Crippen LogP contribution in [0, 0.1) is 6.92 Å². The van der Waals surface area contributed by atoms with Crippen LogP contribution in [-0.2, 0) is 0 Å². The minimum Gasteiger partial charge on any atom is -0.486 e. The molecule has 0 bridgehead atoms. The lowest BCUT2D eigenvalue weighted by Crippen LogP contribution is -2.45. The van der Waals surface area contributed by atoms with Gasteiger partial charge in [-0.1, -0.05) is 13.0 Å². The Morgan fingerprint density at radius 1 is 1.12 bits per heavy atom. The fourth-order valence-corrected chi connectivity index (χ4v) is 3.17. The molecule has 0 fully saturated rings. The second kappa shape index (κ2) is 6.78. The molecule has 0 spiro atoms. The molecule has 136 valence electrons. The molecule has 1 N–H and O–H groups in total. The Morgan fingerprint density at radius 2 is 1.88 bits per heavy atom. The third-order valence-corrected chi connectivity index (χ3v) is 4.58. The van der Waals surface area contributed by atoms with Crippen molar-refractivity contribution in [2.45, 2.75) is 26.4 Å². The lowest BCUT2D eigenvalue weighted by atomic mass is 10.1. The van der Waals surface area contributed by atoms with Gasteiger partial charge in [0.25, 0.3) is 0 Å². The second-order valence-electron chi connectivity index (χ2n) is 6.52. The minimum absolute atomic E-state index is 0.0174. The smallest absolute Gasteiger partial charge is 0.326 e. The Morgan fingerprint density at radius 3 is 2.69 bits per heavy atom. The van der Waals surface area contributed by atoms with Gasteiger partial charge >= 0.3 is 6.03 Å². The number of anilines is 2. The normalized spacial score (nSPS) is 17.9. The maximum absolute atomic E-state index is 13.0. The number of hydrogen-bond donors (Lipinski definition) is 1. The van der Waals surface area contributed by atoms with E-state index in [1.807, 2.05) is 37.3 Å². The number of urea groups is 1. The predicted molar refractivity (Wildman–Crippen MR) is 99.7 cm³/mol. The lowest BCUT2D eigenvalue weighted by molar-refractivity contribution is 0.171. The van der Waals surface area contributed by atoms with Crippen LogP contribution in [0.5, 0.6) is 17.2 Å². The van der Waals surface area contributed by atoms with Crippen molar-refractivity contribution in [1.29, 1.82) is 0 Å². The summed E-state index contributed by atoms with van der Waals surface area (Å²) in [4.78, 5) is 14.7. The van der Waals surface area contributed by atoms with E-state index in [2.05, 4.69) is 12.2 Å². The van der Waals surface area contributed by atoms with Crippen LogP contribution in [0.3, 0.4) is 0 Å². The van der Waals surface area contributed by atoms with Crippen LogP contribution in [0.25, 0.3) is 0 Å². The average molecular weight is 354 g/mol. The number of nitrogens with one attached hydrogen (secondary N) is 1. The second-order valence-corrected chi connectivity index (χ2v) is 6.52. The number of nitrogens with zero attached hydrogens (tertiary/aromatic N) is 1. The molecule has 2 aromatic carbocycles. The Labute approximate surface area is 152 Å². The van der Waals surface area contributed by atoms with E-state index in [1.165, 1.54) is 0 Å². The van der Waals surface area contributed by atoms with E-state index in [1.54, 1.807) is 11.0 Å². The predicted octanol–water partition coefficient (Wildman–Crippen LogP) is 3.98. The van der Waals surface area contributed by atoms with Gasteiger partial charge in [0.05, 0.1) is 12.2 Å². The molecule has 4 rings (SSSR count). The summed E-state index contributed by atoms with van der Waals surface area (Å²) in [6, 6.07) is 11.1. The molecule has 6 heteroatoms. The highest BCUT2D eigenvalue weighted by Crippen LogP contribution is 2.36. The molecule has 0 radical (unpaired) electrons. The van der Waals surface area contributed by atoms with Crippen LogP contribution in [0.1, 0.15) is 18.9 Å². The van der Waals surface area contributed by atoms with Crippen molar-refractivity contribution < 1.29 is 19.0 Å². The fraction of sp³-hybridized carbons (Fsp3) is 0.350. The summed E-state index contributed by atoms with van der Waals surface area (Å²) < 4.78 is 17.1. The first-order valence-electron chi connectivity index (χ1n) is 8.89. The van der Waals surface area contributed by atoms with Crippen molar-refractivity contribution in [2.75, 3.05) is 30.0 Å². The number of fused-ring (bicyclic) bond motifs is 2. The van der Waals surface area contributed by atoms with Gasteiger partial charge in [-0.15, -0.1) is 0 Å². The Bertz CT molecular complexity index is 837. The summed E-state index contributed by atoms with van der Waals surface area (Å²) in [5.74, 6) is 2.09. The number of rotatable bonds is 2. The van der Waals surface area contributed by atoms with Crippen LogP contribution in [0.15, 0.2) is 36.4 Å². The van der Waals surface area contributed by atoms with E-state index in [0.29, 0.717) is 36.9 Å². The van der Waals surface area contributed by atoms with Crippen molar-refractivity contribution in [3.05, 3.63) is 42.0 Å². The zero-order valence-corrected chi connectivity index (χ0v) is 15.0. The molecule has 0 aromatic heterocycles. The number of carbonyl (C=O) groups is 1. The number of benzene rings is 2. The van der Waals surface area contributed by atoms with Crippen molar-refractivity contribution in [3.63, 3.8) is 0 Å². The van der Waals surface area contributed by atoms with Crippen LogP contribution < -0.4 is 24.4 Å². The first-order chi connectivity index (χ1) is 12.6.